The number of rotatable bonds is 6. The van der Waals surface area contributed by atoms with Crippen LogP contribution < -0.4 is 4.74 Å². The van der Waals surface area contributed by atoms with Crippen LogP contribution in [0.25, 0.3) is 23.2 Å². The number of ether oxygens (including phenoxy) is 1. The van der Waals surface area contributed by atoms with Crippen molar-refractivity contribution in [2.75, 3.05) is 7.11 Å². The number of imidazole rings is 1. The van der Waals surface area contributed by atoms with Crippen molar-refractivity contribution in [3.05, 3.63) is 59.9 Å². The summed E-state index contributed by atoms with van der Waals surface area (Å²) in [5, 5.41) is 0. The number of aromatic nitrogens is 2. The molecule has 0 amide bonds. The molecule has 0 saturated heterocycles. The molecule has 124 valence electrons. The first-order valence-corrected chi connectivity index (χ1v) is 8.49. The van der Waals surface area contributed by atoms with E-state index in [0.29, 0.717) is 5.92 Å². The number of methoxy groups -OCH3 is 1. The molecule has 3 rings (SSSR count). The second kappa shape index (κ2) is 7.35. The van der Waals surface area contributed by atoms with Crippen LogP contribution in [-0.2, 0) is 6.54 Å². The van der Waals surface area contributed by atoms with E-state index in [2.05, 4.69) is 54.8 Å². The van der Waals surface area contributed by atoms with Gasteiger partial charge in [-0.2, -0.15) is 0 Å². The summed E-state index contributed by atoms with van der Waals surface area (Å²) in [5.41, 5.74) is 3.29. The first-order valence-electron chi connectivity index (χ1n) is 8.49. The van der Waals surface area contributed by atoms with Crippen molar-refractivity contribution >= 4 is 23.2 Å². The number of nitrogens with zero attached hydrogens (tertiary/aromatic N) is 2. The van der Waals surface area contributed by atoms with Crippen molar-refractivity contribution in [1.29, 1.82) is 0 Å². The molecule has 2 aromatic carbocycles. The van der Waals surface area contributed by atoms with Crippen molar-refractivity contribution in [3.63, 3.8) is 0 Å². The predicted octanol–water partition coefficient (Wildman–Crippen LogP) is 5.26. The average Bonchev–Trinajstić information content (AvgIpc) is 2.97. The van der Waals surface area contributed by atoms with Crippen LogP contribution in [0.4, 0.5) is 0 Å². The Bertz CT molecular complexity index is 848. The summed E-state index contributed by atoms with van der Waals surface area (Å²) in [5.74, 6) is 2.47. The lowest BCUT2D eigenvalue weighted by atomic mass is 10.1. The Kier molecular flexibility index (Phi) is 4.99. The Balaban J connectivity index is 2.02. The second-order valence-electron chi connectivity index (χ2n) is 6.16. The van der Waals surface area contributed by atoms with Gasteiger partial charge in [-0.15, -0.1) is 0 Å². The number of para-hydroxylation sites is 3. The van der Waals surface area contributed by atoms with E-state index in [1.807, 2.05) is 24.3 Å². The topological polar surface area (TPSA) is 27.1 Å². The van der Waals surface area contributed by atoms with E-state index in [4.69, 9.17) is 9.72 Å². The highest BCUT2D eigenvalue weighted by molar-refractivity contribution is 5.80. The summed E-state index contributed by atoms with van der Waals surface area (Å²) in [7, 11) is 1.70. The van der Waals surface area contributed by atoms with E-state index < -0.39 is 0 Å². The zero-order valence-corrected chi connectivity index (χ0v) is 14.6. The largest absolute Gasteiger partial charge is 0.496 e. The van der Waals surface area contributed by atoms with E-state index in [9.17, 15) is 0 Å². The highest BCUT2D eigenvalue weighted by Gasteiger charge is 2.10. The van der Waals surface area contributed by atoms with Gasteiger partial charge < -0.3 is 9.30 Å². The van der Waals surface area contributed by atoms with Crippen LogP contribution in [0, 0.1) is 5.92 Å². The molecule has 3 nitrogen and oxygen atoms in total. The van der Waals surface area contributed by atoms with Gasteiger partial charge in [0.25, 0.3) is 0 Å². The molecule has 1 atom stereocenters. The van der Waals surface area contributed by atoms with Gasteiger partial charge in [-0.1, -0.05) is 50.6 Å². The van der Waals surface area contributed by atoms with Gasteiger partial charge in [-0.25, -0.2) is 4.98 Å². The molecule has 0 aliphatic rings. The van der Waals surface area contributed by atoms with Crippen LogP contribution in [0.3, 0.4) is 0 Å². The summed E-state index contributed by atoms with van der Waals surface area (Å²) in [4.78, 5) is 4.81. The van der Waals surface area contributed by atoms with Crippen LogP contribution >= 0.6 is 0 Å². The summed E-state index contributed by atoms with van der Waals surface area (Å²) >= 11 is 0. The maximum absolute atomic E-state index is 5.43. The van der Waals surface area contributed by atoms with Gasteiger partial charge in [0.15, 0.2) is 0 Å². The van der Waals surface area contributed by atoms with Crippen LogP contribution in [0.15, 0.2) is 48.5 Å². The number of fused-ring (bicyclic) bond motifs is 1. The van der Waals surface area contributed by atoms with Gasteiger partial charge in [0.05, 0.1) is 18.1 Å². The Morgan fingerprint density at radius 3 is 2.62 bits per heavy atom. The van der Waals surface area contributed by atoms with Gasteiger partial charge >= 0.3 is 0 Å². The maximum atomic E-state index is 5.43. The lowest BCUT2D eigenvalue weighted by molar-refractivity contribution is 0.414. The molecule has 0 aliphatic carbocycles. The fourth-order valence-corrected chi connectivity index (χ4v) is 2.82. The third-order valence-corrected chi connectivity index (χ3v) is 4.43. The number of hydrogen-bond donors (Lipinski definition) is 0. The quantitative estimate of drug-likeness (QED) is 0.619. The van der Waals surface area contributed by atoms with E-state index in [1.165, 1.54) is 5.52 Å². The Hall–Kier alpha value is -2.55. The fourth-order valence-electron chi connectivity index (χ4n) is 2.82. The first-order chi connectivity index (χ1) is 11.7. The van der Waals surface area contributed by atoms with Crippen molar-refractivity contribution in [2.24, 2.45) is 5.92 Å². The van der Waals surface area contributed by atoms with Gasteiger partial charge in [0.1, 0.15) is 11.6 Å². The van der Waals surface area contributed by atoms with E-state index in [-0.39, 0.29) is 0 Å². The molecule has 0 radical (unpaired) electrons. The van der Waals surface area contributed by atoms with E-state index >= 15 is 0 Å². The molecule has 0 spiro atoms. The minimum absolute atomic E-state index is 0.612. The normalized spacial score (nSPS) is 12.8. The molecule has 1 heterocycles. The van der Waals surface area contributed by atoms with Gasteiger partial charge in [0.2, 0.25) is 0 Å². The Morgan fingerprint density at radius 2 is 1.83 bits per heavy atom. The highest BCUT2D eigenvalue weighted by atomic mass is 16.5. The van der Waals surface area contributed by atoms with Crippen molar-refractivity contribution < 1.29 is 4.74 Å². The Morgan fingerprint density at radius 1 is 1.08 bits per heavy atom. The predicted molar refractivity (Wildman–Crippen MR) is 101 cm³/mol. The summed E-state index contributed by atoms with van der Waals surface area (Å²) in [6, 6.07) is 16.4. The number of hydrogen-bond acceptors (Lipinski definition) is 2. The lowest BCUT2D eigenvalue weighted by Gasteiger charge is -2.12. The molecule has 0 N–H and O–H groups in total. The maximum Gasteiger partial charge on any atom is 0.133 e. The molecule has 24 heavy (non-hydrogen) atoms. The molecule has 0 fully saturated rings. The van der Waals surface area contributed by atoms with E-state index in [1.54, 1.807) is 7.11 Å². The van der Waals surface area contributed by atoms with Crippen LogP contribution in [0.5, 0.6) is 5.75 Å². The fraction of sp³-hybridized carbons (Fsp3) is 0.286. The standard InChI is InChI=1S/C21H24N2O/c1-4-16(2)15-23-19-11-7-6-10-18(19)22-21(23)14-13-17-9-5-8-12-20(17)24-3/h5-14,16H,4,15H2,1-3H3. The van der Waals surface area contributed by atoms with Crippen molar-refractivity contribution in [1.82, 2.24) is 9.55 Å². The molecule has 3 aromatic rings. The molecule has 3 heteroatoms. The molecular formula is C21H24N2O. The van der Waals surface area contributed by atoms with Gasteiger partial charge in [-0.05, 0) is 36.3 Å². The zero-order chi connectivity index (χ0) is 16.9. The third kappa shape index (κ3) is 3.35. The highest BCUT2D eigenvalue weighted by Crippen LogP contribution is 2.23. The first kappa shape index (κ1) is 16.3. The minimum Gasteiger partial charge on any atom is -0.496 e. The monoisotopic (exact) mass is 320 g/mol. The summed E-state index contributed by atoms with van der Waals surface area (Å²) in [6.07, 6.45) is 5.32. The smallest absolute Gasteiger partial charge is 0.133 e. The summed E-state index contributed by atoms with van der Waals surface area (Å²) in [6.45, 7) is 5.49. The van der Waals surface area contributed by atoms with Crippen LogP contribution in [0.1, 0.15) is 31.7 Å². The zero-order valence-electron chi connectivity index (χ0n) is 14.6. The molecule has 0 aliphatic heterocycles. The second-order valence-corrected chi connectivity index (χ2v) is 6.16. The van der Waals surface area contributed by atoms with Crippen LogP contribution in [0.2, 0.25) is 0 Å². The van der Waals surface area contributed by atoms with Crippen molar-refractivity contribution in [2.45, 2.75) is 26.8 Å². The lowest BCUT2D eigenvalue weighted by Crippen LogP contribution is -2.08. The van der Waals surface area contributed by atoms with Gasteiger partial charge in [-0.3, -0.25) is 0 Å². The summed E-state index contributed by atoms with van der Waals surface area (Å²) < 4.78 is 7.74. The third-order valence-electron chi connectivity index (χ3n) is 4.43. The SMILES string of the molecule is CCC(C)Cn1c(C=Cc2ccccc2OC)nc2ccccc21. The van der Waals surface area contributed by atoms with Gasteiger partial charge in [0, 0.05) is 12.1 Å². The van der Waals surface area contributed by atoms with Crippen molar-refractivity contribution in [3.8, 4) is 5.75 Å². The molecule has 1 unspecified atom stereocenters. The molecule has 0 saturated carbocycles. The average molecular weight is 320 g/mol. The number of benzene rings is 2. The minimum atomic E-state index is 0.612. The van der Waals surface area contributed by atoms with Crippen LogP contribution in [-0.4, -0.2) is 16.7 Å². The Labute approximate surface area is 143 Å². The molecular weight excluding hydrogens is 296 g/mol. The molecule has 0 bridgehead atoms. The molecule has 1 aromatic heterocycles. The van der Waals surface area contributed by atoms with E-state index in [0.717, 1.165) is 35.6 Å².